The summed E-state index contributed by atoms with van der Waals surface area (Å²) in [7, 11) is -1.84. The van der Waals surface area contributed by atoms with Gasteiger partial charge in [0, 0.05) is 11.9 Å². The van der Waals surface area contributed by atoms with Crippen molar-refractivity contribution < 1.29 is 13.2 Å². The minimum atomic E-state index is -3.39. The minimum absolute atomic E-state index is 0.272. The molecule has 1 aromatic carbocycles. The number of benzene rings is 1. The molecule has 1 N–H and O–H groups in total. The van der Waals surface area contributed by atoms with E-state index in [1.165, 1.54) is 0 Å². The molecule has 0 amide bonds. The summed E-state index contributed by atoms with van der Waals surface area (Å²) in [6.45, 7) is 0.483. The van der Waals surface area contributed by atoms with Crippen molar-refractivity contribution in [2.75, 3.05) is 19.0 Å². The Balaban J connectivity index is 2.42. The number of hydrogen-bond acceptors (Lipinski definition) is 3. The summed E-state index contributed by atoms with van der Waals surface area (Å²) < 4.78 is 31.5. The van der Waals surface area contributed by atoms with E-state index in [4.69, 9.17) is 4.74 Å². The number of sulfonamides is 1. The fourth-order valence-corrected chi connectivity index (χ4v) is 3.09. The summed E-state index contributed by atoms with van der Waals surface area (Å²) in [5.74, 6) is 0.647. The number of halogens is 1. The largest absolute Gasteiger partial charge is 0.497 e. The number of methoxy groups -OCH3 is 1. The molecule has 4 nitrogen and oxygen atoms in total. The summed E-state index contributed by atoms with van der Waals surface area (Å²) in [5, 5.41) is 1.00. The van der Waals surface area contributed by atoms with E-state index in [0.717, 1.165) is 31.0 Å². The molecule has 19 heavy (non-hydrogen) atoms. The maximum atomic E-state index is 12.0. The van der Waals surface area contributed by atoms with Gasteiger partial charge in [-0.3, -0.25) is 0 Å². The van der Waals surface area contributed by atoms with Crippen LogP contribution in [-0.2, 0) is 10.0 Å². The van der Waals surface area contributed by atoms with E-state index in [9.17, 15) is 8.42 Å². The van der Waals surface area contributed by atoms with Gasteiger partial charge >= 0.3 is 0 Å². The molecule has 6 heteroatoms. The Kier molecular flexibility index (Phi) is 7.41. The molecule has 0 atom stereocenters. The number of nitrogens with one attached hydrogen (secondary N) is 1. The normalized spacial score (nSPS) is 11.5. The van der Waals surface area contributed by atoms with Crippen molar-refractivity contribution in [1.29, 1.82) is 0 Å². The van der Waals surface area contributed by atoms with Crippen molar-refractivity contribution in [3.8, 4) is 5.75 Å². The molecule has 0 fully saturated rings. The Morgan fingerprint density at radius 3 is 2.32 bits per heavy atom. The highest BCUT2D eigenvalue weighted by atomic mass is 79.9. The fourth-order valence-electron chi connectivity index (χ4n) is 1.62. The van der Waals surface area contributed by atoms with Crippen molar-refractivity contribution in [2.45, 2.75) is 30.6 Å². The predicted molar refractivity (Wildman–Crippen MR) is 80.4 cm³/mol. The average molecular weight is 350 g/mol. The first-order chi connectivity index (χ1) is 9.10. The second kappa shape index (κ2) is 8.55. The molecule has 0 saturated carbocycles. The van der Waals surface area contributed by atoms with E-state index in [1.807, 2.05) is 0 Å². The van der Waals surface area contributed by atoms with Gasteiger partial charge < -0.3 is 4.74 Å². The first-order valence-corrected chi connectivity index (χ1v) is 8.90. The van der Waals surface area contributed by atoms with E-state index in [2.05, 4.69) is 20.7 Å². The first kappa shape index (κ1) is 16.5. The highest BCUT2D eigenvalue weighted by molar-refractivity contribution is 9.09. The first-order valence-electron chi connectivity index (χ1n) is 6.30. The molecule has 0 aliphatic rings. The highest BCUT2D eigenvalue weighted by Gasteiger charge is 2.12. The summed E-state index contributed by atoms with van der Waals surface area (Å²) in [4.78, 5) is 0.272. The topological polar surface area (TPSA) is 55.4 Å². The fraction of sp³-hybridized carbons (Fsp3) is 0.538. The average Bonchev–Trinajstić information content (AvgIpc) is 2.43. The Bertz CT molecular complexity index is 459. The van der Waals surface area contributed by atoms with Crippen LogP contribution in [0.25, 0.3) is 0 Å². The molecule has 0 saturated heterocycles. The molecular formula is C13H20BrNO3S. The number of unbranched alkanes of at least 4 members (excludes halogenated alkanes) is 3. The van der Waals surface area contributed by atoms with Gasteiger partial charge in [0.15, 0.2) is 0 Å². The lowest BCUT2D eigenvalue weighted by Crippen LogP contribution is -2.24. The van der Waals surface area contributed by atoms with Gasteiger partial charge in [-0.25, -0.2) is 13.1 Å². The summed E-state index contributed by atoms with van der Waals surface area (Å²) in [5.41, 5.74) is 0. The van der Waals surface area contributed by atoms with Crippen molar-refractivity contribution in [3.05, 3.63) is 24.3 Å². The van der Waals surface area contributed by atoms with Crippen LogP contribution < -0.4 is 9.46 Å². The lowest BCUT2D eigenvalue weighted by Gasteiger charge is -2.07. The SMILES string of the molecule is COc1ccc(S(=O)(=O)NCCCCCCBr)cc1. The number of ether oxygens (including phenoxy) is 1. The molecule has 0 aliphatic heterocycles. The summed E-state index contributed by atoms with van der Waals surface area (Å²) in [6, 6.07) is 6.38. The second-order valence-corrected chi connectivity index (χ2v) is 6.74. The minimum Gasteiger partial charge on any atom is -0.497 e. The van der Waals surface area contributed by atoms with Crippen molar-refractivity contribution in [3.63, 3.8) is 0 Å². The van der Waals surface area contributed by atoms with Crippen LogP contribution in [0.3, 0.4) is 0 Å². The lowest BCUT2D eigenvalue weighted by molar-refractivity contribution is 0.414. The predicted octanol–water partition coefficient (Wildman–Crippen LogP) is 2.93. The molecular weight excluding hydrogens is 330 g/mol. The zero-order chi connectivity index (χ0) is 14.1. The van der Waals surface area contributed by atoms with Crippen molar-refractivity contribution in [2.24, 2.45) is 0 Å². The molecule has 1 rings (SSSR count). The smallest absolute Gasteiger partial charge is 0.240 e. The van der Waals surface area contributed by atoms with Crippen molar-refractivity contribution >= 4 is 26.0 Å². The van der Waals surface area contributed by atoms with E-state index in [0.29, 0.717) is 12.3 Å². The third kappa shape index (κ3) is 5.93. The zero-order valence-corrected chi connectivity index (χ0v) is 13.5. The molecule has 0 unspecified atom stereocenters. The van der Waals surface area contributed by atoms with Crippen LogP contribution in [0.5, 0.6) is 5.75 Å². The van der Waals surface area contributed by atoms with Gasteiger partial charge in [-0.1, -0.05) is 28.8 Å². The van der Waals surface area contributed by atoms with Gasteiger partial charge in [0.25, 0.3) is 0 Å². The van der Waals surface area contributed by atoms with Crippen LogP contribution in [0, 0.1) is 0 Å². The second-order valence-electron chi connectivity index (χ2n) is 4.18. The molecule has 1 aromatic rings. The Hall–Kier alpha value is -0.590. The van der Waals surface area contributed by atoms with Gasteiger partial charge in [0.2, 0.25) is 10.0 Å². The van der Waals surface area contributed by atoms with E-state index >= 15 is 0 Å². The zero-order valence-electron chi connectivity index (χ0n) is 11.1. The number of rotatable bonds is 9. The van der Waals surface area contributed by atoms with Gasteiger partial charge in [0.05, 0.1) is 12.0 Å². The standard InChI is InChI=1S/C13H20BrNO3S/c1-18-12-6-8-13(9-7-12)19(16,17)15-11-5-3-2-4-10-14/h6-9,15H,2-5,10-11H2,1H3. The number of hydrogen-bond donors (Lipinski definition) is 1. The van der Waals surface area contributed by atoms with Gasteiger partial charge in [-0.2, -0.15) is 0 Å². The molecule has 0 aromatic heterocycles. The molecule has 108 valence electrons. The Morgan fingerprint density at radius 1 is 1.11 bits per heavy atom. The van der Waals surface area contributed by atoms with Gasteiger partial charge in [0.1, 0.15) is 5.75 Å². The van der Waals surface area contributed by atoms with Crippen LogP contribution in [0.1, 0.15) is 25.7 Å². The Morgan fingerprint density at radius 2 is 1.74 bits per heavy atom. The van der Waals surface area contributed by atoms with E-state index < -0.39 is 10.0 Å². The van der Waals surface area contributed by atoms with E-state index in [1.54, 1.807) is 31.4 Å². The number of alkyl halides is 1. The summed E-state index contributed by atoms with van der Waals surface area (Å²) in [6.07, 6.45) is 4.15. The summed E-state index contributed by atoms with van der Waals surface area (Å²) >= 11 is 3.37. The van der Waals surface area contributed by atoms with Crippen LogP contribution >= 0.6 is 15.9 Å². The molecule has 0 heterocycles. The quantitative estimate of drug-likeness (QED) is 0.550. The third-order valence-electron chi connectivity index (χ3n) is 2.72. The molecule has 0 spiro atoms. The maximum Gasteiger partial charge on any atom is 0.240 e. The van der Waals surface area contributed by atoms with E-state index in [-0.39, 0.29) is 4.90 Å². The van der Waals surface area contributed by atoms with Gasteiger partial charge in [-0.15, -0.1) is 0 Å². The van der Waals surface area contributed by atoms with Crippen LogP contribution in [-0.4, -0.2) is 27.4 Å². The lowest BCUT2D eigenvalue weighted by atomic mass is 10.2. The molecule has 0 aliphatic carbocycles. The maximum absolute atomic E-state index is 12.0. The van der Waals surface area contributed by atoms with Crippen LogP contribution in [0.2, 0.25) is 0 Å². The van der Waals surface area contributed by atoms with Gasteiger partial charge in [-0.05, 0) is 37.1 Å². The van der Waals surface area contributed by atoms with Crippen LogP contribution in [0.15, 0.2) is 29.2 Å². The Labute approximate surface area is 123 Å². The molecule has 0 radical (unpaired) electrons. The van der Waals surface area contributed by atoms with Crippen LogP contribution in [0.4, 0.5) is 0 Å². The van der Waals surface area contributed by atoms with Crippen molar-refractivity contribution in [1.82, 2.24) is 4.72 Å². The molecule has 0 bridgehead atoms. The monoisotopic (exact) mass is 349 g/mol. The third-order valence-corrected chi connectivity index (χ3v) is 4.76. The highest BCUT2D eigenvalue weighted by Crippen LogP contribution is 2.15.